The van der Waals surface area contributed by atoms with Gasteiger partial charge in [-0.2, -0.15) is 5.10 Å². The molecular weight excluding hydrogens is 308 g/mol. The van der Waals surface area contributed by atoms with E-state index in [2.05, 4.69) is 39.4 Å². The first-order chi connectivity index (χ1) is 12.3. The first-order valence-electron chi connectivity index (χ1n) is 9.45. The molecule has 4 rings (SSSR count). The molecule has 0 amide bonds. The van der Waals surface area contributed by atoms with Crippen molar-refractivity contribution in [2.24, 2.45) is 11.7 Å². The molecule has 1 aliphatic rings. The molecule has 0 saturated heterocycles. The molecule has 3 aromatic rings. The van der Waals surface area contributed by atoms with E-state index in [1.807, 2.05) is 18.5 Å². The highest BCUT2D eigenvalue weighted by Gasteiger charge is 2.16. The highest BCUT2D eigenvalue weighted by Crippen LogP contribution is 2.32. The Morgan fingerprint density at radius 3 is 2.92 bits per heavy atom. The number of benzene rings is 1. The van der Waals surface area contributed by atoms with Gasteiger partial charge in [-0.3, -0.25) is 5.10 Å². The summed E-state index contributed by atoms with van der Waals surface area (Å²) in [6, 6.07) is 10.8. The molecule has 1 saturated carbocycles. The topological polar surface area (TPSA) is 67.6 Å². The summed E-state index contributed by atoms with van der Waals surface area (Å²) in [6.07, 6.45) is 13.0. The van der Waals surface area contributed by atoms with E-state index >= 15 is 0 Å². The molecule has 25 heavy (non-hydrogen) atoms. The molecule has 1 aromatic carbocycles. The van der Waals surface area contributed by atoms with E-state index in [9.17, 15) is 0 Å². The molecule has 1 atom stereocenters. The lowest BCUT2D eigenvalue weighted by atomic mass is 9.84. The fraction of sp³-hybridized carbons (Fsp3) is 0.429. The minimum Gasteiger partial charge on any atom is -0.324 e. The Labute approximate surface area is 148 Å². The van der Waals surface area contributed by atoms with Crippen LogP contribution in [0.3, 0.4) is 0 Å². The Hall–Kier alpha value is -2.20. The Kier molecular flexibility index (Phi) is 4.79. The van der Waals surface area contributed by atoms with E-state index in [4.69, 9.17) is 5.73 Å². The standard InChI is InChI=1S/C21H26N4/c22-20(10-9-15-5-2-1-3-6-15)17-8-4-7-16(13-17)18-11-12-23-21-19(18)14-24-25-21/h4,7-8,11-15,20H,1-3,5-6,9-10,22H2,(H,23,24,25). The van der Waals surface area contributed by atoms with Gasteiger partial charge in [0.2, 0.25) is 0 Å². The molecule has 3 N–H and O–H groups in total. The normalized spacial score (nSPS) is 17.0. The van der Waals surface area contributed by atoms with Crippen LogP contribution in [0.25, 0.3) is 22.2 Å². The number of H-pyrrole nitrogens is 1. The number of hydrogen-bond donors (Lipinski definition) is 2. The Morgan fingerprint density at radius 1 is 1.16 bits per heavy atom. The molecule has 1 fully saturated rings. The fourth-order valence-electron chi connectivity index (χ4n) is 4.10. The highest BCUT2D eigenvalue weighted by atomic mass is 15.1. The molecule has 1 unspecified atom stereocenters. The molecule has 0 spiro atoms. The van der Waals surface area contributed by atoms with Gasteiger partial charge < -0.3 is 5.73 Å². The van der Waals surface area contributed by atoms with Crippen LogP contribution in [-0.4, -0.2) is 15.2 Å². The second-order valence-corrected chi connectivity index (χ2v) is 7.30. The molecule has 0 aliphatic heterocycles. The Morgan fingerprint density at radius 2 is 2.04 bits per heavy atom. The molecule has 0 radical (unpaired) electrons. The van der Waals surface area contributed by atoms with E-state index in [1.54, 1.807) is 0 Å². The van der Waals surface area contributed by atoms with Crippen LogP contribution in [0.5, 0.6) is 0 Å². The van der Waals surface area contributed by atoms with Gasteiger partial charge in [-0.25, -0.2) is 4.98 Å². The van der Waals surface area contributed by atoms with Gasteiger partial charge >= 0.3 is 0 Å². The van der Waals surface area contributed by atoms with Crippen LogP contribution >= 0.6 is 0 Å². The van der Waals surface area contributed by atoms with Crippen molar-refractivity contribution in [2.75, 3.05) is 0 Å². The fourth-order valence-corrected chi connectivity index (χ4v) is 4.10. The number of pyridine rings is 1. The van der Waals surface area contributed by atoms with Crippen LogP contribution in [0.1, 0.15) is 56.6 Å². The van der Waals surface area contributed by atoms with E-state index in [-0.39, 0.29) is 6.04 Å². The van der Waals surface area contributed by atoms with E-state index < -0.39 is 0 Å². The molecule has 130 valence electrons. The summed E-state index contributed by atoms with van der Waals surface area (Å²) in [5.41, 5.74) is 10.9. The van der Waals surface area contributed by atoms with Crippen LogP contribution in [0.2, 0.25) is 0 Å². The van der Waals surface area contributed by atoms with Crippen molar-refractivity contribution in [1.29, 1.82) is 0 Å². The van der Waals surface area contributed by atoms with Crippen LogP contribution in [0.4, 0.5) is 0 Å². The van der Waals surface area contributed by atoms with E-state index in [0.29, 0.717) is 0 Å². The van der Waals surface area contributed by atoms with Crippen molar-refractivity contribution < 1.29 is 0 Å². The summed E-state index contributed by atoms with van der Waals surface area (Å²) < 4.78 is 0. The maximum Gasteiger partial charge on any atom is 0.155 e. The number of fused-ring (bicyclic) bond motifs is 1. The van der Waals surface area contributed by atoms with Crippen LogP contribution in [0, 0.1) is 5.92 Å². The van der Waals surface area contributed by atoms with Crippen molar-refractivity contribution >= 4 is 11.0 Å². The van der Waals surface area contributed by atoms with Gasteiger partial charge in [0.05, 0.1) is 6.20 Å². The number of nitrogens with one attached hydrogen (secondary N) is 1. The summed E-state index contributed by atoms with van der Waals surface area (Å²) in [7, 11) is 0. The number of aromatic nitrogens is 3. The van der Waals surface area contributed by atoms with Crippen molar-refractivity contribution in [1.82, 2.24) is 15.2 Å². The molecular formula is C21H26N4. The third kappa shape index (κ3) is 3.59. The summed E-state index contributed by atoms with van der Waals surface area (Å²) in [5.74, 6) is 0.883. The van der Waals surface area contributed by atoms with Crippen LogP contribution < -0.4 is 5.73 Å². The van der Waals surface area contributed by atoms with Gasteiger partial charge in [0.25, 0.3) is 0 Å². The van der Waals surface area contributed by atoms with Gasteiger partial charge in [0.15, 0.2) is 5.65 Å². The minimum atomic E-state index is 0.114. The summed E-state index contributed by atoms with van der Waals surface area (Å²) >= 11 is 0. The Balaban J connectivity index is 1.51. The van der Waals surface area contributed by atoms with Gasteiger partial charge in [-0.05, 0) is 47.6 Å². The third-order valence-corrected chi connectivity index (χ3v) is 5.59. The van der Waals surface area contributed by atoms with Gasteiger partial charge in [0.1, 0.15) is 0 Å². The molecule has 2 aromatic heterocycles. The van der Waals surface area contributed by atoms with E-state index in [0.717, 1.165) is 28.9 Å². The second kappa shape index (κ2) is 7.36. The maximum absolute atomic E-state index is 6.52. The molecule has 0 bridgehead atoms. The lowest BCUT2D eigenvalue weighted by Crippen LogP contribution is -2.14. The molecule has 2 heterocycles. The van der Waals surface area contributed by atoms with Crippen molar-refractivity contribution in [2.45, 2.75) is 51.0 Å². The zero-order valence-electron chi connectivity index (χ0n) is 14.6. The number of aromatic amines is 1. The first-order valence-corrected chi connectivity index (χ1v) is 9.45. The van der Waals surface area contributed by atoms with Gasteiger partial charge in [0, 0.05) is 17.6 Å². The van der Waals surface area contributed by atoms with Crippen molar-refractivity contribution in [3.63, 3.8) is 0 Å². The SMILES string of the molecule is NC(CCC1CCCCC1)c1cccc(-c2ccnc3[nH]ncc23)c1. The summed E-state index contributed by atoms with van der Waals surface area (Å²) in [6.45, 7) is 0. The lowest BCUT2D eigenvalue weighted by Gasteiger charge is -2.23. The van der Waals surface area contributed by atoms with Crippen LogP contribution in [-0.2, 0) is 0 Å². The quantitative estimate of drug-likeness (QED) is 0.691. The second-order valence-electron chi connectivity index (χ2n) is 7.30. The van der Waals surface area contributed by atoms with Crippen molar-refractivity contribution in [3.8, 4) is 11.1 Å². The summed E-state index contributed by atoms with van der Waals surface area (Å²) in [4.78, 5) is 4.32. The zero-order valence-corrected chi connectivity index (χ0v) is 14.6. The molecule has 1 aliphatic carbocycles. The monoisotopic (exact) mass is 334 g/mol. The van der Waals surface area contributed by atoms with Crippen LogP contribution in [0.15, 0.2) is 42.7 Å². The molecule has 4 nitrogen and oxygen atoms in total. The van der Waals surface area contributed by atoms with Gasteiger partial charge in [-0.15, -0.1) is 0 Å². The average Bonchev–Trinajstić information content (AvgIpc) is 3.16. The van der Waals surface area contributed by atoms with E-state index in [1.165, 1.54) is 49.7 Å². The predicted molar refractivity (Wildman–Crippen MR) is 102 cm³/mol. The number of hydrogen-bond acceptors (Lipinski definition) is 3. The third-order valence-electron chi connectivity index (χ3n) is 5.59. The molecule has 4 heteroatoms. The largest absolute Gasteiger partial charge is 0.324 e. The smallest absolute Gasteiger partial charge is 0.155 e. The average molecular weight is 334 g/mol. The summed E-state index contributed by atoms with van der Waals surface area (Å²) in [5, 5.41) is 8.10. The highest BCUT2D eigenvalue weighted by molar-refractivity contribution is 5.92. The van der Waals surface area contributed by atoms with Gasteiger partial charge in [-0.1, -0.05) is 50.3 Å². The Bertz CT molecular complexity index is 833. The number of rotatable bonds is 5. The van der Waals surface area contributed by atoms with Crippen molar-refractivity contribution in [3.05, 3.63) is 48.3 Å². The predicted octanol–water partition coefficient (Wildman–Crippen LogP) is 4.99. The lowest BCUT2D eigenvalue weighted by molar-refractivity contribution is 0.324. The number of nitrogens with zero attached hydrogens (tertiary/aromatic N) is 2. The first kappa shape index (κ1) is 16.3. The number of nitrogens with two attached hydrogens (primary N) is 1. The maximum atomic E-state index is 6.52. The zero-order chi connectivity index (χ0) is 17.1. The minimum absolute atomic E-state index is 0.114.